The summed E-state index contributed by atoms with van der Waals surface area (Å²) in [6, 6.07) is 1.92. The largest absolute Gasteiger partial charge is 0.503 e. The minimum absolute atomic E-state index is 0.0550. The van der Waals surface area contributed by atoms with Crippen molar-refractivity contribution >= 4 is 46.6 Å². The van der Waals surface area contributed by atoms with Crippen LogP contribution in [0.25, 0.3) is 6.08 Å². The molecule has 0 saturated carbocycles. The lowest BCUT2D eigenvalue weighted by Crippen LogP contribution is -2.42. The van der Waals surface area contributed by atoms with E-state index in [0.29, 0.717) is 23.9 Å². The smallest absolute Gasteiger partial charge is 0.328 e. The summed E-state index contributed by atoms with van der Waals surface area (Å²) < 4.78 is 9.85. The molecule has 0 spiro atoms. The third-order valence-electron chi connectivity index (χ3n) is 3.40. The van der Waals surface area contributed by atoms with E-state index in [4.69, 9.17) is 16.3 Å². The highest BCUT2D eigenvalue weighted by Crippen LogP contribution is 2.38. The summed E-state index contributed by atoms with van der Waals surface area (Å²) in [5, 5.41) is 9.34. The van der Waals surface area contributed by atoms with Gasteiger partial charge in [0.05, 0.1) is 23.6 Å². The number of halogens is 1. The molecule has 134 valence electrons. The average molecular weight is 386 g/mol. The number of rotatable bonds is 5. The van der Waals surface area contributed by atoms with E-state index in [9.17, 15) is 19.5 Å². The maximum absolute atomic E-state index is 12.4. The first kappa shape index (κ1) is 19.1. The van der Waals surface area contributed by atoms with Crippen molar-refractivity contribution in [3.05, 3.63) is 27.6 Å². The molecule has 1 heterocycles. The second kappa shape index (κ2) is 7.79. The number of phenolic OH excluding ortho intramolecular Hbond substituents is 1. The van der Waals surface area contributed by atoms with Crippen LogP contribution >= 0.6 is 23.4 Å². The highest BCUT2D eigenvalue weighted by atomic mass is 35.5. The topological polar surface area (TPSA) is 93.1 Å². The predicted molar refractivity (Wildman–Crippen MR) is 93.6 cm³/mol. The van der Waals surface area contributed by atoms with Crippen molar-refractivity contribution in [3.8, 4) is 11.5 Å². The van der Waals surface area contributed by atoms with E-state index in [1.807, 2.05) is 0 Å². The van der Waals surface area contributed by atoms with Gasteiger partial charge >= 0.3 is 5.97 Å². The number of aromatic hydroxyl groups is 1. The van der Waals surface area contributed by atoms with E-state index in [1.54, 1.807) is 6.92 Å². The van der Waals surface area contributed by atoms with E-state index in [0.717, 1.165) is 4.90 Å². The lowest BCUT2D eigenvalue weighted by molar-refractivity contribution is -0.148. The second-order valence-electron chi connectivity index (χ2n) is 5.03. The van der Waals surface area contributed by atoms with Crippen molar-refractivity contribution in [1.29, 1.82) is 0 Å². The second-order valence-corrected chi connectivity index (χ2v) is 6.43. The zero-order valence-corrected chi connectivity index (χ0v) is 15.3. The molecular weight excluding hydrogens is 370 g/mol. The number of thioether (sulfide) groups is 1. The molecule has 0 radical (unpaired) electrons. The minimum atomic E-state index is -1.02. The molecule has 1 aromatic carbocycles. The maximum atomic E-state index is 12.4. The number of esters is 1. The van der Waals surface area contributed by atoms with Gasteiger partial charge in [-0.2, -0.15) is 0 Å². The van der Waals surface area contributed by atoms with Crippen LogP contribution < -0.4 is 4.74 Å². The number of hydrogen-bond donors (Lipinski definition) is 1. The van der Waals surface area contributed by atoms with Gasteiger partial charge < -0.3 is 14.6 Å². The lowest BCUT2D eigenvalue weighted by Gasteiger charge is -2.18. The lowest BCUT2D eigenvalue weighted by atomic mass is 10.1. The van der Waals surface area contributed by atoms with Crippen molar-refractivity contribution in [2.75, 3.05) is 13.7 Å². The summed E-state index contributed by atoms with van der Waals surface area (Å²) in [6.45, 7) is 3.48. The number of amides is 2. The van der Waals surface area contributed by atoms with Crippen molar-refractivity contribution < 1.29 is 29.0 Å². The Morgan fingerprint density at radius 2 is 2.12 bits per heavy atom. The van der Waals surface area contributed by atoms with Gasteiger partial charge in [-0.05, 0) is 49.4 Å². The van der Waals surface area contributed by atoms with Crippen molar-refractivity contribution in [1.82, 2.24) is 4.90 Å². The molecule has 0 aromatic heterocycles. The summed E-state index contributed by atoms with van der Waals surface area (Å²) in [4.78, 5) is 37.1. The number of phenols is 1. The van der Waals surface area contributed by atoms with Gasteiger partial charge in [-0.15, -0.1) is 0 Å². The first-order chi connectivity index (χ1) is 11.8. The number of carbonyl (C=O) groups is 3. The summed E-state index contributed by atoms with van der Waals surface area (Å²) in [5.74, 6) is -1.32. The van der Waals surface area contributed by atoms with Gasteiger partial charge in [0.2, 0.25) is 0 Å². The zero-order valence-electron chi connectivity index (χ0n) is 13.7. The molecule has 0 aliphatic carbocycles. The van der Waals surface area contributed by atoms with E-state index in [-0.39, 0.29) is 21.4 Å². The van der Waals surface area contributed by atoms with E-state index in [2.05, 4.69) is 4.74 Å². The number of methoxy groups -OCH3 is 1. The van der Waals surface area contributed by atoms with Crippen LogP contribution in [0.2, 0.25) is 5.02 Å². The van der Waals surface area contributed by atoms with Gasteiger partial charge in [-0.25, -0.2) is 4.79 Å². The standard InChI is InChI=1S/C16H16ClNO6S/c1-4-24-11-6-9(5-10(17)13(11)19)7-12-14(20)18(16(22)25-12)8(2)15(21)23-3/h5-8,19H,4H2,1-3H3/b12-7+/t8-/m0/s1. The highest BCUT2D eigenvalue weighted by Gasteiger charge is 2.41. The molecule has 7 nitrogen and oxygen atoms in total. The van der Waals surface area contributed by atoms with Gasteiger partial charge in [0.25, 0.3) is 11.1 Å². The quantitative estimate of drug-likeness (QED) is 0.615. The fraction of sp³-hybridized carbons (Fsp3) is 0.312. The average Bonchev–Trinajstić information content (AvgIpc) is 2.84. The zero-order chi connectivity index (χ0) is 18.7. The Morgan fingerprint density at radius 3 is 2.72 bits per heavy atom. The Labute approximate surface area is 153 Å². The fourth-order valence-corrected chi connectivity index (χ4v) is 3.31. The van der Waals surface area contributed by atoms with Crippen LogP contribution in [-0.2, 0) is 14.3 Å². The Kier molecular flexibility index (Phi) is 5.97. The Morgan fingerprint density at radius 1 is 1.44 bits per heavy atom. The summed E-state index contributed by atoms with van der Waals surface area (Å²) in [5.41, 5.74) is 0.475. The van der Waals surface area contributed by atoms with Crippen LogP contribution in [0.15, 0.2) is 17.0 Å². The van der Waals surface area contributed by atoms with E-state index >= 15 is 0 Å². The molecule has 1 fully saturated rings. The third-order valence-corrected chi connectivity index (χ3v) is 4.57. The Hall–Kier alpha value is -2.19. The summed E-state index contributed by atoms with van der Waals surface area (Å²) >= 11 is 6.66. The third kappa shape index (κ3) is 3.91. The molecular formula is C16H16ClNO6S. The number of carbonyl (C=O) groups excluding carboxylic acids is 3. The number of imide groups is 1. The SMILES string of the molecule is CCOc1cc(/C=C2/SC(=O)N([C@@H](C)C(=O)OC)C2=O)cc(Cl)c1O. The minimum Gasteiger partial charge on any atom is -0.503 e. The molecule has 2 amide bonds. The fourth-order valence-electron chi connectivity index (χ4n) is 2.18. The van der Waals surface area contributed by atoms with Crippen LogP contribution in [0.1, 0.15) is 19.4 Å². The van der Waals surface area contributed by atoms with Crippen molar-refractivity contribution in [2.45, 2.75) is 19.9 Å². The van der Waals surface area contributed by atoms with E-state index in [1.165, 1.54) is 32.2 Å². The van der Waals surface area contributed by atoms with E-state index < -0.39 is 23.2 Å². The van der Waals surface area contributed by atoms with Gasteiger partial charge in [0.1, 0.15) is 6.04 Å². The monoisotopic (exact) mass is 385 g/mol. The van der Waals surface area contributed by atoms with Crippen molar-refractivity contribution in [2.24, 2.45) is 0 Å². The molecule has 1 atom stereocenters. The molecule has 0 unspecified atom stereocenters. The van der Waals surface area contributed by atoms with Gasteiger partial charge in [0.15, 0.2) is 11.5 Å². The molecule has 2 rings (SSSR count). The predicted octanol–water partition coefficient (Wildman–Crippen LogP) is 3.04. The van der Waals surface area contributed by atoms with Crippen LogP contribution in [0.5, 0.6) is 11.5 Å². The highest BCUT2D eigenvalue weighted by molar-refractivity contribution is 8.18. The number of hydrogen-bond acceptors (Lipinski definition) is 7. The molecule has 1 aliphatic rings. The maximum Gasteiger partial charge on any atom is 0.328 e. The number of ether oxygens (including phenoxy) is 2. The van der Waals surface area contributed by atoms with Gasteiger partial charge in [0, 0.05) is 0 Å². The van der Waals surface area contributed by atoms with Crippen LogP contribution in [0, 0.1) is 0 Å². The molecule has 1 N–H and O–H groups in total. The van der Waals surface area contributed by atoms with Crippen LogP contribution in [0.3, 0.4) is 0 Å². The first-order valence-electron chi connectivity index (χ1n) is 7.30. The molecule has 9 heteroatoms. The Bertz CT molecular complexity index is 763. The normalized spacial score (nSPS) is 17.1. The summed E-state index contributed by atoms with van der Waals surface area (Å²) in [7, 11) is 1.18. The van der Waals surface area contributed by atoms with Gasteiger partial charge in [-0.3, -0.25) is 14.5 Å². The van der Waals surface area contributed by atoms with Crippen LogP contribution in [-0.4, -0.2) is 46.9 Å². The Balaban J connectivity index is 2.35. The molecule has 25 heavy (non-hydrogen) atoms. The molecule has 0 bridgehead atoms. The number of nitrogens with zero attached hydrogens (tertiary/aromatic N) is 1. The molecule has 1 saturated heterocycles. The van der Waals surface area contributed by atoms with Crippen LogP contribution in [0.4, 0.5) is 4.79 Å². The molecule has 1 aliphatic heterocycles. The first-order valence-corrected chi connectivity index (χ1v) is 8.49. The van der Waals surface area contributed by atoms with Gasteiger partial charge in [-0.1, -0.05) is 11.6 Å². The number of benzene rings is 1. The summed E-state index contributed by atoms with van der Waals surface area (Å²) in [6.07, 6.45) is 1.45. The molecule has 1 aromatic rings. The van der Waals surface area contributed by atoms with Crippen molar-refractivity contribution in [3.63, 3.8) is 0 Å².